The molecule has 0 radical (unpaired) electrons. The SMILES string of the molecule is CC(NC(=O)c1ccc2c(n1)N(C(=O)Nc1ncccn1)[C@H]1CCN2C1)C(F)(F)F. The number of rotatable bonds is 3. The van der Waals surface area contributed by atoms with E-state index in [9.17, 15) is 22.8 Å². The van der Waals surface area contributed by atoms with Crippen LogP contribution in [0.1, 0.15) is 23.8 Å². The number of aromatic nitrogens is 3. The van der Waals surface area contributed by atoms with Gasteiger partial charge in [0.25, 0.3) is 5.91 Å². The summed E-state index contributed by atoms with van der Waals surface area (Å²) in [6.45, 7) is 2.14. The molecule has 1 saturated heterocycles. The van der Waals surface area contributed by atoms with Crippen LogP contribution in [-0.2, 0) is 0 Å². The van der Waals surface area contributed by atoms with Crippen LogP contribution in [0.3, 0.4) is 0 Å². The zero-order valence-corrected chi connectivity index (χ0v) is 15.8. The van der Waals surface area contributed by atoms with Crippen molar-refractivity contribution in [2.45, 2.75) is 31.6 Å². The minimum atomic E-state index is -4.57. The Labute approximate surface area is 169 Å². The molecule has 2 atom stereocenters. The third-order valence-corrected chi connectivity index (χ3v) is 5.03. The van der Waals surface area contributed by atoms with Crippen molar-refractivity contribution in [1.82, 2.24) is 20.3 Å². The minimum absolute atomic E-state index is 0.109. The fourth-order valence-corrected chi connectivity index (χ4v) is 3.47. The average Bonchev–Trinajstić information content (AvgIpc) is 3.12. The first-order chi connectivity index (χ1) is 14.2. The van der Waals surface area contributed by atoms with Gasteiger partial charge in [-0.1, -0.05) is 0 Å². The Kier molecular flexibility index (Phi) is 4.92. The van der Waals surface area contributed by atoms with Crippen molar-refractivity contribution in [3.8, 4) is 0 Å². The number of carbonyl (C=O) groups is 2. The zero-order chi connectivity index (χ0) is 21.5. The summed E-state index contributed by atoms with van der Waals surface area (Å²) in [5.41, 5.74) is 0.425. The Morgan fingerprint density at radius 1 is 1.23 bits per heavy atom. The minimum Gasteiger partial charge on any atom is -0.366 e. The second kappa shape index (κ2) is 7.43. The molecule has 2 aliphatic heterocycles. The molecule has 2 aliphatic rings. The van der Waals surface area contributed by atoms with Gasteiger partial charge in [-0.2, -0.15) is 13.2 Å². The third-order valence-electron chi connectivity index (χ3n) is 5.03. The maximum Gasteiger partial charge on any atom is 0.408 e. The first-order valence-electron chi connectivity index (χ1n) is 9.25. The van der Waals surface area contributed by atoms with Gasteiger partial charge in [-0.05, 0) is 31.5 Å². The van der Waals surface area contributed by atoms with Gasteiger partial charge in [0.15, 0.2) is 5.82 Å². The van der Waals surface area contributed by atoms with E-state index in [1.165, 1.54) is 23.4 Å². The monoisotopic (exact) mass is 421 g/mol. The Balaban J connectivity index is 1.63. The fraction of sp³-hybridized carbons (Fsp3) is 0.389. The van der Waals surface area contributed by atoms with E-state index in [-0.39, 0.29) is 23.5 Å². The van der Waals surface area contributed by atoms with Crippen LogP contribution in [0.5, 0.6) is 0 Å². The molecule has 4 rings (SSSR count). The molecule has 12 heteroatoms. The molecular weight excluding hydrogens is 403 g/mol. The van der Waals surface area contributed by atoms with E-state index in [4.69, 9.17) is 0 Å². The fourth-order valence-electron chi connectivity index (χ4n) is 3.47. The molecule has 2 bridgehead atoms. The van der Waals surface area contributed by atoms with E-state index in [2.05, 4.69) is 20.3 Å². The van der Waals surface area contributed by atoms with Gasteiger partial charge in [0.05, 0.1) is 11.7 Å². The number of pyridine rings is 1. The van der Waals surface area contributed by atoms with Gasteiger partial charge < -0.3 is 10.2 Å². The summed E-state index contributed by atoms with van der Waals surface area (Å²) in [7, 11) is 0. The summed E-state index contributed by atoms with van der Waals surface area (Å²) in [4.78, 5) is 40.8. The molecule has 0 saturated carbocycles. The van der Waals surface area contributed by atoms with Gasteiger partial charge in [0.1, 0.15) is 11.7 Å². The number of amides is 3. The highest BCUT2D eigenvalue weighted by atomic mass is 19.4. The number of alkyl halides is 3. The van der Waals surface area contributed by atoms with Gasteiger partial charge in [-0.15, -0.1) is 0 Å². The Bertz CT molecular complexity index is 970. The van der Waals surface area contributed by atoms with Crippen molar-refractivity contribution in [2.75, 3.05) is 28.2 Å². The highest BCUT2D eigenvalue weighted by Gasteiger charge is 2.41. The molecule has 3 amide bonds. The molecule has 1 fully saturated rings. The van der Waals surface area contributed by atoms with Crippen LogP contribution in [0, 0.1) is 0 Å². The molecule has 2 aromatic heterocycles. The van der Waals surface area contributed by atoms with E-state index in [0.29, 0.717) is 25.2 Å². The van der Waals surface area contributed by atoms with Crippen LogP contribution < -0.4 is 20.4 Å². The summed E-state index contributed by atoms with van der Waals surface area (Å²) in [5, 5.41) is 4.48. The van der Waals surface area contributed by atoms with Crippen LogP contribution >= 0.6 is 0 Å². The molecule has 2 aromatic rings. The van der Waals surface area contributed by atoms with Crippen LogP contribution in [0.25, 0.3) is 0 Å². The molecule has 30 heavy (non-hydrogen) atoms. The summed E-state index contributed by atoms with van der Waals surface area (Å²) in [6.07, 6.45) is -0.929. The Morgan fingerprint density at radius 3 is 2.67 bits per heavy atom. The molecule has 2 N–H and O–H groups in total. The van der Waals surface area contributed by atoms with E-state index < -0.39 is 24.2 Å². The number of urea groups is 1. The number of halogens is 3. The van der Waals surface area contributed by atoms with Crippen molar-refractivity contribution in [2.24, 2.45) is 0 Å². The van der Waals surface area contributed by atoms with Gasteiger partial charge in [0, 0.05) is 25.5 Å². The van der Waals surface area contributed by atoms with E-state index >= 15 is 0 Å². The first-order valence-corrected chi connectivity index (χ1v) is 9.25. The normalized spacial score (nSPS) is 18.6. The molecule has 1 unspecified atom stereocenters. The average molecular weight is 421 g/mol. The number of hydrogen-bond donors (Lipinski definition) is 2. The number of carbonyl (C=O) groups excluding carboxylic acids is 2. The highest BCUT2D eigenvalue weighted by Crippen LogP contribution is 2.39. The van der Waals surface area contributed by atoms with Crippen molar-refractivity contribution in [3.63, 3.8) is 0 Å². The topological polar surface area (TPSA) is 103 Å². The Hall–Kier alpha value is -3.44. The van der Waals surface area contributed by atoms with Crippen molar-refractivity contribution < 1.29 is 22.8 Å². The van der Waals surface area contributed by atoms with Crippen LogP contribution in [0.2, 0.25) is 0 Å². The van der Waals surface area contributed by atoms with E-state index in [1.54, 1.807) is 12.1 Å². The molecule has 0 spiro atoms. The van der Waals surface area contributed by atoms with E-state index in [0.717, 1.165) is 6.92 Å². The van der Waals surface area contributed by atoms with Crippen LogP contribution in [-0.4, -0.2) is 58.2 Å². The summed E-state index contributed by atoms with van der Waals surface area (Å²) in [6, 6.07) is 1.80. The number of fused-ring (bicyclic) bond motifs is 4. The first kappa shape index (κ1) is 19.9. The van der Waals surface area contributed by atoms with Crippen LogP contribution in [0.15, 0.2) is 30.6 Å². The molecule has 158 valence electrons. The lowest BCUT2D eigenvalue weighted by Crippen LogP contribution is -2.49. The third kappa shape index (κ3) is 3.72. The molecule has 0 aliphatic carbocycles. The predicted molar refractivity (Wildman–Crippen MR) is 101 cm³/mol. The van der Waals surface area contributed by atoms with Crippen molar-refractivity contribution in [1.29, 1.82) is 0 Å². The second-order valence-electron chi connectivity index (χ2n) is 7.04. The summed E-state index contributed by atoms with van der Waals surface area (Å²) < 4.78 is 38.3. The van der Waals surface area contributed by atoms with Gasteiger partial charge >= 0.3 is 12.2 Å². The quantitative estimate of drug-likeness (QED) is 0.788. The zero-order valence-electron chi connectivity index (χ0n) is 15.8. The summed E-state index contributed by atoms with van der Waals surface area (Å²) >= 11 is 0. The second-order valence-corrected chi connectivity index (χ2v) is 7.04. The lowest BCUT2D eigenvalue weighted by atomic mass is 10.1. The van der Waals surface area contributed by atoms with Crippen molar-refractivity contribution >= 4 is 29.4 Å². The van der Waals surface area contributed by atoms with Gasteiger partial charge in [-0.25, -0.2) is 19.7 Å². The number of anilines is 3. The van der Waals surface area contributed by atoms with Gasteiger partial charge in [0.2, 0.25) is 5.95 Å². The maximum absolute atomic E-state index is 12.9. The lowest BCUT2D eigenvalue weighted by molar-refractivity contribution is -0.149. The summed E-state index contributed by atoms with van der Waals surface area (Å²) in [5.74, 6) is -0.649. The molecular formula is C18H18F3N7O2. The number of nitrogens with one attached hydrogen (secondary N) is 2. The van der Waals surface area contributed by atoms with Crippen molar-refractivity contribution in [3.05, 3.63) is 36.3 Å². The van der Waals surface area contributed by atoms with E-state index in [1.807, 2.05) is 10.2 Å². The lowest BCUT2D eigenvalue weighted by Gasteiger charge is -2.35. The molecule has 9 nitrogen and oxygen atoms in total. The molecule has 0 aromatic carbocycles. The smallest absolute Gasteiger partial charge is 0.366 e. The highest BCUT2D eigenvalue weighted by molar-refractivity contribution is 6.04. The van der Waals surface area contributed by atoms with Gasteiger partial charge in [-0.3, -0.25) is 15.0 Å². The largest absolute Gasteiger partial charge is 0.408 e. The van der Waals surface area contributed by atoms with Crippen LogP contribution in [0.4, 0.5) is 35.4 Å². The predicted octanol–water partition coefficient (Wildman–Crippen LogP) is 2.18. The standard InChI is InChI=1S/C18H18F3N7O2/c1-10(18(19,20)21)24-15(29)12-3-4-13-14(25-12)28(11-5-8-27(13)9-11)17(30)26-16-22-6-2-7-23-16/h2-4,6-7,10-11H,5,8-9H2,1H3,(H,24,29)(H,22,23,26,30)/t10?,11-/m0/s1. The Morgan fingerprint density at radius 2 is 1.97 bits per heavy atom. The number of nitrogens with zero attached hydrogens (tertiary/aromatic N) is 5. The maximum atomic E-state index is 12.9. The molecule has 4 heterocycles. The number of hydrogen-bond acceptors (Lipinski definition) is 6.